The Labute approximate surface area is 181 Å². The van der Waals surface area contributed by atoms with E-state index in [2.05, 4.69) is 0 Å². The highest BCUT2D eigenvalue weighted by Crippen LogP contribution is 2.43. The molecule has 1 aliphatic carbocycles. The molecular formula is C23H28FN3O4. The summed E-state index contributed by atoms with van der Waals surface area (Å²) in [6.45, 7) is 3.14. The van der Waals surface area contributed by atoms with Gasteiger partial charge in [-0.1, -0.05) is 25.0 Å². The van der Waals surface area contributed by atoms with Crippen molar-refractivity contribution < 1.29 is 23.6 Å². The highest BCUT2D eigenvalue weighted by Gasteiger charge is 2.56. The number of carbonyl (C=O) groups is 4. The second-order valence-corrected chi connectivity index (χ2v) is 8.84. The van der Waals surface area contributed by atoms with Crippen molar-refractivity contribution in [1.82, 2.24) is 14.7 Å². The number of nitrogens with zero attached hydrogens (tertiary/aromatic N) is 3. The van der Waals surface area contributed by atoms with Crippen molar-refractivity contribution >= 4 is 23.6 Å². The van der Waals surface area contributed by atoms with E-state index in [-0.39, 0.29) is 42.5 Å². The van der Waals surface area contributed by atoms with Crippen LogP contribution in [0, 0.1) is 5.82 Å². The molecule has 4 amide bonds. The minimum atomic E-state index is -1.38. The van der Waals surface area contributed by atoms with Gasteiger partial charge in [-0.2, -0.15) is 0 Å². The zero-order valence-electron chi connectivity index (χ0n) is 17.8. The van der Waals surface area contributed by atoms with Gasteiger partial charge < -0.3 is 9.80 Å². The molecule has 8 heteroatoms. The fraction of sp³-hybridized carbons (Fsp3) is 0.565. The molecule has 1 aromatic carbocycles. The molecule has 1 saturated carbocycles. The zero-order valence-corrected chi connectivity index (χ0v) is 17.8. The number of benzene rings is 1. The van der Waals surface area contributed by atoms with Crippen molar-refractivity contribution in [3.63, 3.8) is 0 Å². The van der Waals surface area contributed by atoms with E-state index in [9.17, 15) is 23.6 Å². The molecule has 0 bridgehead atoms. The molecule has 31 heavy (non-hydrogen) atoms. The topological polar surface area (TPSA) is 78.0 Å². The Morgan fingerprint density at radius 1 is 1.06 bits per heavy atom. The summed E-state index contributed by atoms with van der Waals surface area (Å²) in [5, 5.41) is 0. The van der Waals surface area contributed by atoms with E-state index in [0.717, 1.165) is 25.7 Å². The average molecular weight is 429 g/mol. The van der Waals surface area contributed by atoms with Gasteiger partial charge in [0, 0.05) is 52.0 Å². The summed E-state index contributed by atoms with van der Waals surface area (Å²) in [6.07, 6.45) is 3.19. The van der Waals surface area contributed by atoms with Crippen LogP contribution >= 0.6 is 0 Å². The lowest BCUT2D eigenvalue weighted by Gasteiger charge is -2.36. The number of hydrogen-bond acceptors (Lipinski definition) is 4. The fourth-order valence-electron chi connectivity index (χ4n) is 5.19. The number of carbonyl (C=O) groups excluding carboxylic acids is 4. The summed E-state index contributed by atoms with van der Waals surface area (Å²) in [7, 11) is 0. The molecule has 2 aliphatic heterocycles. The molecule has 2 saturated heterocycles. The Bertz CT molecular complexity index is 906. The number of hydrogen-bond donors (Lipinski definition) is 0. The highest BCUT2D eigenvalue weighted by molar-refractivity contribution is 6.11. The lowest BCUT2D eigenvalue weighted by atomic mass is 9.75. The third-order valence-corrected chi connectivity index (χ3v) is 6.95. The van der Waals surface area contributed by atoms with E-state index < -0.39 is 11.2 Å². The maximum atomic E-state index is 14.1. The second kappa shape index (κ2) is 8.40. The van der Waals surface area contributed by atoms with Crippen molar-refractivity contribution in [2.24, 2.45) is 0 Å². The number of halogens is 1. The summed E-state index contributed by atoms with van der Waals surface area (Å²) in [5.41, 5.74) is -1.00. The van der Waals surface area contributed by atoms with Crippen LogP contribution in [0.2, 0.25) is 0 Å². The molecule has 0 aromatic heterocycles. The maximum absolute atomic E-state index is 14.1. The highest BCUT2D eigenvalue weighted by atomic mass is 19.1. The zero-order chi connectivity index (χ0) is 22.2. The third-order valence-electron chi connectivity index (χ3n) is 6.95. The molecule has 0 unspecified atom stereocenters. The van der Waals surface area contributed by atoms with Crippen LogP contribution in [0.25, 0.3) is 0 Å². The van der Waals surface area contributed by atoms with Gasteiger partial charge in [-0.3, -0.25) is 24.1 Å². The molecule has 1 aromatic rings. The molecule has 2 heterocycles. The second-order valence-electron chi connectivity index (χ2n) is 8.84. The minimum absolute atomic E-state index is 0.0351. The van der Waals surface area contributed by atoms with Crippen LogP contribution in [0.5, 0.6) is 0 Å². The number of amides is 4. The van der Waals surface area contributed by atoms with Crippen molar-refractivity contribution in [3.8, 4) is 0 Å². The van der Waals surface area contributed by atoms with Gasteiger partial charge in [0.2, 0.25) is 23.6 Å². The van der Waals surface area contributed by atoms with Crippen LogP contribution < -0.4 is 0 Å². The Kier molecular flexibility index (Phi) is 5.81. The summed E-state index contributed by atoms with van der Waals surface area (Å²) in [4.78, 5) is 56.1. The van der Waals surface area contributed by atoms with Crippen molar-refractivity contribution in [2.75, 3.05) is 26.2 Å². The number of rotatable bonds is 4. The molecule has 7 nitrogen and oxygen atoms in total. The first-order chi connectivity index (χ1) is 14.8. The van der Waals surface area contributed by atoms with Gasteiger partial charge in [0.05, 0.1) is 5.41 Å². The van der Waals surface area contributed by atoms with Gasteiger partial charge in [-0.05, 0) is 30.5 Å². The first-order valence-corrected chi connectivity index (χ1v) is 11.0. The van der Waals surface area contributed by atoms with Crippen LogP contribution in [0.15, 0.2) is 24.3 Å². The maximum Gasteiger partial charge on any atom is 0.241 e. The van der Waals surface area contributed by atoms with Gasteiger partial charge in [-0.15, -0.1) is 0 Å². The smallest absolute Gasteiger partial charge is 0.241 e. The predicted octanol–water partition coefficient (Wildman–Crippen LogP) is 1.85. The van der Waals surface area contributed by atoms with Gasteiger partial charge in [0.15, 0.2) is 0 Å². The van der Waals surface area contributed by atoms with Crippen LogP contribution in [0.1, 0.15) is 51.0 Å². The number of likely N-dealkylation sites (tertiary alicyclic amines) is 1. The molecule has 166 valence electrons. The Hall–Kier alpha value is -2.77. The molecule has 0 radical (unpaired) electrons. The normalized spacial score (nSPS) is 24.9. The quantitative estimate of drug-likeness (QED) is 0.685. The fourth-order valence-corrected chi connectivity index (χ4v) is 5.19. The summed E-state index contributed by atoms with van der Waals surface area (Å²) >= 11 is 0. The van der Waals surface area contributed by atoms with E-state index in [4.69, 9.17) is 0 Å². The Balaban J connectivity index is 1.61. The summed E-state index contributed by atoms with van der Waals surface area (Å²) in [6, 6.07) is 5.57. The largest absolute Gasteiger partial charge is 0.339 e. The van der Waals surface area contributed by atoms with Crippen LogP contribution in [0.4, 0.5) is 4.39 Å². The first-order valence-electron chi connectivity index (χ1n) is 11.0. The van der Waals surface area contributed by atoms with Crippen molar-refractivity contribution in [1.29, 1.82) is 0 Å². The molecule has 0 spiro atoms. The van der Waals surface area contributed by atoms with Crippen molar-refractivity contribution in [2.45, 2.75) is 56.9 Å². The number of imide groups is 1. The van der Waals surface area contributed by atoms with E-state index in [1.54, 1.807) is 15.9 Å². The predicted molar refractivity (Wildman–Crippen MR) is 110 cm³/mol. The molecule has 0 N–H and O–H groups in total. The molecular weight excluding hydrogens is 401 g/mol. The summed E-state index contributed by atoms with van der Waals surface area (Å²) < 4.78 is 14.1. The summed E-state index contributed by atoms with van der Waals surface area (Å²) in [5.74, 6) is -1.45. The van der Waals surface area contributed by atoms with Gasteiger partial charge >= 0.3 is 0 Å². The average Bonchev–Trinajstić information content (AvgIpc) is 3.35. The van der Waals surface area contributed by atoms with E-state index in [1.165, 1.54) is 30.0 Å². The lowest BCUT2D eigenvalue weighted by Crippen LogP contribution is -2.52. The van der Waals surface area contributed by atoms with Crippen LogP contribution in [-0.2, 0) is 24.6 Å². The van der Waals surface area contributed by atoms with Gasteiger partial charge in [-0.25, -0.2) is 4.39 Å². The molecule has 3 fully saturated rings. The standard InChI is InChI=1S/C23H28FN3O4/c1-16(28)25-9-11-26(12-10-25)20(29)14-23(17-5-4-6-18(24)13-17)15-21(30)27(22(23)31)19-7-2-3-8-19/h4-6,13,19H,2-3,7-12,14-15H2,1H3/t23-/m0/s1. The monoisotopic (exact) mass is 429 g/mol. The lowest BCUT2D eigenvalue weighted by molar-refractivity contribution is -0.145. The van der Waals surface area contributed by atoms with E-state index >= 15 is 0 Å². The molecule has 1 atom stereocenters. The van der Waals surface area contributed by atoms with Crippen LogP contribution in [-0.4, -0.2) is 70.5 Å². The van der Waals surface area contributed by atoms with Crippen LogP contribution in [0.3, 0.4) is 0 Å². The van der Waals surface area contributed by atoms with E-state index in [1.807, 2.05) is 0 Å². The Morgan fingerprint density at radius 2 is 1.71 bits per heavy atom. The SMILES string of the molecule is CC(=O)N1CCN(C(=O)C[C@@]2(c3cccc(F)c3)CC(=O)N(C3CCCC3)C2=O)CC1. The minimum Gasteiger partial charge on any atom is -0.339 e. The van der Waals surface area contributed by atoms with E-state index in [0.29, 0.717) is 31.7 Å². The van der Waals surface area contributed by atoms with Crippen molar-refractivity contribution in [3.05, 3.63) is 35.6 Å². The molecule has 3 aliphatic rings. The first kappa shape index (κ1) is 21.5. The van der Waals surface area contributed by atoms with Gasteiger partial charge in [0.1, 0.15) is 5.82 Å². The Morgan fingerprint density at radius 3 is 2.32 bits per heavy atom. The number of piperazine rings is 1. The molecule has 4 rings (SSSR count). The third kappa shape index (κ3) is 3.95. The van der Waals surface area contributed by atoms with Gasteiger partial charge in [0.25, 0.3) is 0 Å².